The first-order valence-corrected chi connectivity index (χ1v) is 6.12. The fourth-order valence-electron chi connectivity index (χ4n) is 2.06. The van der Waals surface area contributed by atoms with Crippen molar-refractivity contribution in [3.8, 4) is 0 Å². The lowest BCUT2D eigenvalue weighted by atomic mass is 10.1. The largest absolute Gasteiger partial charge is 0.481 e. The number of carbonyl (C=O) groups is 3. The third kappa shape index (κ3) is 4.35. The van der Waals surface area contributed by atoms with Crippen LogP contribution >= 0.6 is 0 Å². The van der Waals surface area contributed by atoms with E-state index in [1.165, 1.54) is 7.11 Å². The van der Waals surface area contributed by atoms with Gasteiger partial charge in [-0.2, -0.15) is 0 Å². The van der Waals surface area contributed by atoms with E-state index in [-0.39, 0.29) is 24.2 Å². The number of aliphatic carboxylic acids is 1. The molecule has 1 unspecified atom stereocenters. The van der Waals surface area contributed by atoms with Crippen molar-refractivity contribution in [3.05, 3.63) is 0 Å². The molecule has 1 fully saturated rings. The van der Waals surface area contributed by atoms with E-state index in [1.807, 2.05) is 0 Å². The van der Waals surface area contributed by atoms with E-state index >= 15 is 0 Å². The molecule has 0 radical (unpaired) electrons. The summed E-state index contributed by atoms with van der Waals surface area (Å²) in [5.74, 6) is -1.32. The van der Waals surface area contributed by atoms with Crippen LogP contribution in [-0.2, 0) is 19.1 Å². The number of carboxylic acids is 1. The molecule has 1 amide bonds. The smallest absolute Gasteiger partial charge is 0.310 e. The molecule has 6 nitrogen and oxygen atoms in total. The molecule has 1 aliphatic heterocycles. The number of nitrogens with zero attached hydrogens (tertiary/aromatic N) is 1. The van der Waals surface area contributed by atoms with Gasteiger partial charge in [-0.1, -0.05) is 0 Å². The number of carbonyl (C=O) groups excluding carboxylic acids is 2. The number of ether oxygens (including phenoxy) is 1. The molecule has 0 saturated carbocycles. The lowest BCUT2D eigenvalue weighted by Crippen LogP contribution is -2.30. The van der Waals surface area contributed by atoms with Crippen molar-refractivity contribution >= 4 is 17.8 Å². The van der Waals surface area contributed by atoms with Gasteiger partial charge < -0.3 is 14.7 Å². The van der Waals surface area contributed by atoms with Gasteiger partial charge in [0.2, 0.25) is 5.91 Å². The van der Waals surface area contributed by atoms with Gasteiger partial charge in [-0.05, 0) is 19.3 Å². The lowest BCUT2D eigenvalue weighted by Gasteiger charge is -2.15. The summed E-state index contributed by atoms with van der Waals surface area (Å²) in [5, 5.41) is 8.47. The van der Waals surface area contributed by atoms with Crippen LogP contribution in [0.1, 0.15) is 32.1 Å². The van der Waals surface area contributed by atoms with Crippen LogP contribution in [0.2, 0.25) is 0 Å². The normalized spacial score (nSPS) is 18.7. The highest BCUT2D eigenvalue weighted by atomic mass is 16.5. The molecule has 6 heteroatoms. The summed E-state index contributed by atoms with van der Waals surface area (Å²) in [5.41, 5.74) is 0. The second-order valence-corrected chi connectivity index (χ2v) is 4.45. The molecule has 0 aromatic rings. The minimum absolute atomic E-state index is 0.00760. The van der Waals surface area contributed by atoms with E-state index < -0.39 is 5.97 Å². The zero-order chi connectivity index (χ0) is 13.5. The van der Waals surface area contributed by atoms with E-state index in [4.69, 9.17) is 5.11 Å². The van der Waals surface area contributed by atoms with Crippen LogP contribution in [0.4, 0.5) is 0 Å². The second-order valence-electron chi connectivity index (χ2n) is 4.45. The van der Waals surface area contributed by atoms with Crippen molar-refractivity contribution in [1.82, 2.24) is 4.90 Å². The summed E-state index contributed by atoms with van der Waals surface area (Å²) >= 11 is 0. The fraction of sp³-hybridized carbons (Fsp3) is 0.750. The third-order valence-electron chi connectivity index (χ3n) is 3.11. The van der Waals surface area contributed by atoms with Crippen LogP contribution in [0.15, 0.2) is 0 Å². The van der Waals surface area contributed by atoms with Gasteiger partial charge in [0.05, 0.1) is 13.0 Å². The Morgan fingerprint density at radius 2 is 1.94 bits per heavy atom. The molecule has 0 aromatic carbocycles. The Morgan fingerprint density at radius 1 is 1.28 bits per heavy atom. The van der Waals surface area contributed by atoms with Crippen LogP contribution in [0.25, 0.3) is 0 Å². The Balaban J connectivity index is 2.23. The molecule has 0 bridgehead atoms. The first-order chi connectivity index (χ1) is 8.54. The number of methoxy groups -OCH3 is 1. The van der Waals surface area contributed by atoms with Crippen LogP contribution in [0, 0.1) is 5.92 Å². The fourth-order valence-corrected chi connectivity index (χ4v) is 2.06. The average Bonchev–Trinajstić information content (AvgIpc) is 2.82. The standard InChI is InChI=1S/C12H19NO5/c1-18-12(17)9-6-7-13(8-9)10(14)4-2-3-5-11(15)16/h9H,2-8H2,1H3,(H,15,16). The molecule has 1 rings (SSSR count). The predicted octanol–water partition coefficient (Wildman–Crippen LogP) is 0.653. The number of unbranched alkanes of at least 4 members (excludes halogenated alkanes) is 1. The molecule has 0 spiro atoms. The average molecular weight is 257 g/mol. The summed E-state index contributed by atoms with van der Waals surface area (Å²) in [6, 6.07) is 0. The number of rotatable bonds is 6. The summed E-state index contributed by atoms with van der Waals surface area (Å²) in [6.45, 7) is 1.00. The molecular formula is C12H19NO5. The maximum Gasteiger partial charge on any atom is 0.310 e. The topological polar surface area (TPSA) is 83.9 Å². The van der Waals surface area contributed by atoms with Crippen molar-refractivity contribution in [3.63, 3.8) is 0 Å². The van der Waals surface area contributed by atoms with Crippen LogP contribution in [0.3, 0.4) is 0 Å². The van der Waals surface area contributed by atoms with E-state index in [1.54, 1.807) is 4.90 Å². The van der Waals surface area contributed by atoms with Crippen molar-refractivity contribution in [2.24, 2.45) is 5.92 Å². The third-order valence-corrected chi connectivity index (χ3v) is 3.11. The minimum Gasteiger partial charge on any atom is -0.481 e. The van der Waals surface area contributed by atoms with Gasteiger partial charge in [0.15, 0.2) is 0 Å². The maximum atomic E-state index is 11.8. The van der Waals surface area contributed by atoms with Gasteiger partial charge in [-0.15, -0.1) is 0 Å². The monoisotopic (exact) mass is 257 g/mol. The SMILES string of the molecule is COC(=O)C1CCN(C(=O)CCCCC(=O)O)C1. The summed E-state index contributed by atoms with van der Waals surface area (Å²) in [7, 11) is 1.35. The van der Waals surface area contributed by atoms with Gasteiger partial charge in [0.25, 0.3) is 0 Å². The zero-order valence-corrected chi connectivity index (χ0v) is 10.6. The van der Waals surface area contributed by atoms with Crippen LogP contribution in [0.5, 0.6) is 0 Å². The molecule has 1 aliphatic rings. The Bertz CT molecular complexity index is 328. The van der Waals surface area contributed by atoms with Gasteiger partial charge in [0, 0.05) is 25.9 Å². The highest BCUT2D eigenvalue weighted by molar-refractivity contribution is 5.79. The number of hydrogen-bond donors (Lipinski definition) is 1. The first kappa shape index (κ1) is 14.5. The molecule has 1 N–H and O–H groups in total. The number of likely N-dealkylation sites (tertiary alicyclic amines) is 1. The molecule has 18 heavy (non-hydrogen) atoms. The van der Waals surface area contributed by atoms with Gasteiger partial charge in [0.1, 0.15) is 0 Å². The number of carboxylic acid groups (broad SMARTS) is 1. The van der Waals surface area contributed by atoms with Crippen molar-refractivity contribution < 1.29 is 24.2 Å². The van der Waals surface area contributed by atoms with E-state index in [0.29, 0.717) is 38.8 Å². The molecule has 102 valence electrons. The zero-order valence-electron chi connectivity index (χ0n) is 10.6. The molecule has 1 heterocycles. The maximum absolute atomic E-state index is 11.8. The summed E-state index contributed by atoms with van der Waals surface area (Å²) in [4.78, 5) is 35.0. The Hall–Kier alpha value is -1.59. The second kappa shape index (κ2) is 6.98. The number of esters is 1. The van der Waals surface area contributed by atoms with Gasteiger partial charge in [-0.25, -0.2) is 0 Å². The molecule has 1 atom stereocenters. The Kier molecular flexibility index (Phi) is 5.61. The van der Waals surface area contributed by atoms with Crippen molar-refractivity contribution in [2.45, 2.75) is 32.1 Å². The van der Waals surface area contributed by atoms with E-state index in [2.05, 4.69) is 4.74 Å². The highest BCUT2D eigenvalue weighted by Gasteiger charge is 2.31. The molecule has 1 saturated heterocycles. The quantitative estimate of drug-likeness (QED) is 0.558. The molecular weight excluding hydrogens is 238 g/mol. The summed E-state index contributed by atoms with van der Waals surface area (Å²) in [6.07, 6.45) is 2.17. The predicted molar refractivity (Wildman–Crippen MR) is 62.8 cm³/mol. The Labute approximate surface area is 106 Å². The summed E-state index contributed by atoms with van der Waals surface area (Å²) < 4.78 is 4.64. The van der Waals surface area contributed by atoms with Crippen LogP contribution < -0.4 is 0 Å². The minimum atomic E-state index is -0.839. The number of amides is 1. The molecule has 0 aromatic heterocycles. The van der Waals surface area contributed by atoms with Crippen LogP contribution in [-0.4, -0.2) is 48.1 Å². The van der Waals surface area contributed by atoms with E-state index in [0.717, 1.165) is 0 Å². The number of hydrogen-bond acceptors (Lipinski definition) is 4. The van der Waals surface area contributed by atoms with Gasteiger partial charge in [-0.3, -0.25) is 14.4 Å². The lowest BCUT2D eigenvalue weighted by molar-refractivity contribution is -0.145. The highest BCUT2D eigenvalue weighted by Crippen LogP contribution is 2.18. The van der Waals surface area contributed by atoms with Gasteiger partial charge >= 0.3 is 11.9 Å². The van der Waals surface area contributed by atoms with Crippen molar-refractivity contribution in [1.29, 1.82) is 0 Å². The Morgan fingerprint density at radius 3 is 2.56 bits per heavy atom. The van der Waals surface area contributed by atoms with E-state index in [9.17, 15) is 14.4 Å². The first-order valence-electron chi connectivity index (χ1n) is 6.12. The molecule has 0 aliphatic carbocycles. The van der Waals surface area contributed by atoms with Crippen molar-refractivity contribution in [2.75, 3.05) is 20.2 Å².